The molecule has 0 saturated carbocycles. The highest BCUT2D eigenvalue weighted by Gasteiger charge is 2.49. The average molecular weight is 472 g/mol. The van der Waals surface area contributed by atoms with E-state index in [9.17, 15) is 14.7 Å². The number of fused-ring (bicyclic) bond motifs is 6. The molecule has 2 aliphatic heterocycles. The molecular weight excluding hydrogens is 446 g/mol. The van der Waals surface area contributed by atoms with E-state index in [0.29, 0.717) is 35.8 Å². The van der Waals surface area contributed by atoms with Gasteiger partial charge in [0.15, 0.2) is 11.5 Å². The largest absolute Gasteiger partial charge is 0.493 e. The maximum atomic E-state index is 13.5. The zero-order valence-corrected chi connectivity index (χ0v) is 19.5. The van der Waals surface area contributed by atoms with Crippen molar-refractivity contribution in [3.63, 3.8) is 0 Å². The molecule has 8 nitrogen and oxygen atoms in total. The van der Waals surface area contributed by atoms with Crippen molar-refractivity contribution in [3.8, 4) is 23.1 Å². The smallest absolute Gasteiger partial charge is 0.336 e. The minimum absolute atomic E-state index is 0.0549. The lowest BCUT2D eigenvalue weighted by Crippen LogP contribution is -2.38. The summed E-state index contributed by atoms with van der Waals surface area (Å²) in [5, 5.41) is 13.1. The van der Waals surface area contributed by atoms with Gasteiger partial charge in [0, 0.05) is 11.9 Å². The summed E-state index contributed by atoms with van der Waals surface area (Å²) in [4.78, 5) is 28.5. The van der Waals surface area contributed by atoms with Gasteiger partial charge in [-0.25, -0.2) is 9.36 Å². The Balaban J connectivity index is 1.34. The van der Waals surface area contributed by atoms with Crippen molar-refractivity contribution in [1.82, 2.24) is 14.0 Å². The number of methoxy groups -OCH3 is 2. The van der Waals surface area contributed by atoms with Crippen LogP contribution in [0.5, 0.6) is 17.4 Å². The summed E-state index contributed by atoms with van der Waals surface area (Å²) in [6.07, 6.45) is 0.824. The molecule has 0 spiro atoms. The fourth-order valence-corrected chi connectivity index (χ4v) is 5.61. The number of carbonyl (C=O) groups excluding carboxylic acids is 1. The van der Waals surface area contributed by atoms with Crippen LogP contribution in [0.2, 0.25) is 0 Å². The Hall–Kier alpha value is -4.20. The maximum absolute atomic E-state index is 13.5. The van der Waals surface area contributed by atoms with E-state index in [0.717, 1.165) is 16.3 Å². The van der Waals surface area contributed by atoms with Gasteiger partial charge in [-0.1, -0.05) is 42.5 Å². The van der Waals surface area contributed by atoms with Crippen LogP contribution >= 0.6 is 0 Å². The maximum Gasteiger partial charge on any atom is 0.336 e. The first kappa shape index (κ1) is 21.3. The standard InChI is InChI=1S/C27H25N3O5/c1-34-22-11-10-16(12-23(22)35-2)13-24(31)28-15-18-14-21(28)25-26(32)30(27(33)29(18)25)20-9-5-7-17-6-3-4-8-19(17)20/h3-12,18,21,32H,13-15H2,1-2H3/t18-,21-/m0/s1. The fraction of sp³-hybridized carbons (Fsp3) is 0.259. The summed E-state index contributed by atoms with van der Waals surface area (Å²) in [6, 6.07) is 18.4. The van der Waals surface area contributed by atoms with Crippen LogP contribution in [0, 0.1) is 0 Å². The number of likely N-dealkylation sites (tertiary alicyclic amines) is 1. The predicted molar refractivity (Wildman–Crippen MR) is 131 cm³/mol. The molecule has 1 amide bonds. The summed E-state index contributed by atoms with van der Waals surface area (Å²) in [5.41, 5.74) is 1.69. The number of carbonyl (C=O) groups is 1. The molecule has 178 valence electrons. The number of rotatable bonds is 5. The van der Waals surface area contributed by atoms with E-state index in [2.05, 4.69) is 0 Å². The van der Waals surface area contributed by atoms with E-state index in [-0.39, 0.29) is 36.0 Å². The molecule has 1 aromatic heterocycles. The minimum Gasteiger partial charge on any atom is -0.493 e. The molecule has 2 atom stereocenters. The van der Waals surface area contributed by atoms with Gasteiger partial charge in [-0.15, -0.1) is 0 Å². The molecular formula is C27H25N3O5. The van der Waals surface area contributed by atoms with Crippen LogP contribution in [0.1, 0.15) is 29.8 Å². The third-order valence-corrected chi connectivity index (χ3v) is 7.19. The van der Waals surface area contributed by atoms with Crippen LogP contribution in [0.25, 0.3) is 16.5 Å². The topological polar surface area (TPSA) is 85.9 Å². The molecule has 3 heterocycles. The number of imidazole rings is 1. The Morgan fingerprint density at radius 3 is 2.60 bits per heavy atom. The molecule has 35 heavy (non-hydrogen) atoms. The van der Waals surface area contributed by atoms with Crippen molar-refractivity contribution in [2.45, 2.75) is 24.9 Å². The molecule has 2 bridgehead atoms. The number of aromatic hydroxyl groups is 1. The van der Waals surface area contributed by atoms with Gasteiger partial charge in [-0.2, -0.15) is 0 Å². The fourth-order valence-electron chi connectivity index (χ4n) is 5.61. The highest BCUT2D eigenvalue weighted by Crippen LogP contribution is 2.49. The minimum atomic E-state index is -0.337. The van der Waals surface area contributed by atoms with Crippen LogP contribution in [0.4, 0.5) is 0 Å². The Bertz CT molecular complexity index is 1530. The van der Waals surface area contributed by atoms with E-state index in [1.54, 1.807) is 35.8 Å². The third-order valence-electron chi connectivity index (χ3n) is 7.19. The lowest BCUT2D eigenvalue weighted by molar-refractivity contribution is -0.132. The zero-order valence-electron chi connectivity index (χ0n) is 19.5. The zero-order chi connectivity index (χ0) is 24.3. The summed E-state index contributed by atoms with van der Waals surface area (Å²) in [6.45, 7) is 0.447. The van der Waals surface area contributed by atoms with Gasteiger partial charge in [-0.3, -0.25) is 9.36 Å². The van der Waals surface area contributed by atoms with E-state index in [4.69, 9.17) is 9.47 Å². The molecule has 1 fully saturated rings. The molecule has 3 aromatic carbocycles. The number of amides is 1. The predicted octanol–water partition coefficient (Wildman–Crippen LogP) is 3.59. The molecule has 8 heteroatoms. The lowest BCUT2D eigenvalue weighted by Gasteiger charge is -2.28. The van der Waals surface area contributed by atoms with Gasteiger partial charge in [0.05, 0.1) is 38.4 Å². The van der Waals surface area contributed by atoms with E-state index < -0.39 is 0 Å². The van der Waals surface area contributed by atoms with Crippen LogP contribution in [0.3, 0.4) is 0 Å². The van der Waals surface area contributed by atoms with Gasteiger partial charge < -0.3 is 19.5 Å². The van der Waals surface area contributed by atoms with Crippen molar-refractivity contribution in [2.24, 2.45) is 0 Å². The Morgan fingerprint density at radius 2 is 1.80 bits per heavy atom. The molecule has 4 aromatic rings. The SMILES string of the molecule is COc1ccc(CC(=O)N2C[C@@H]3C[C@H]2c2c(O)n(-c4cccc5ccccc45)c(=O)n23)cc1OC. The molecule has 0 radical (unpaired) electrons. The van der Waals surface area contributed by atoms with Gasteiger partial charge in [0.2, 0.25) is 11.8 Å². The molecule has 2 aliphatic rings. The Kier molecular flexibility index (Phi) is 4.84. The number of benzene rings is 3. The number of aromatic nitrogens is 2. The number of hydrogen-bond donors (Lipinski definition) is 1. The average Bonchev–Trinajstić information content (AvgIpc) is 3.55. The summed E-state index contributed by atoms with van der Waals surface area (Å²) in [7, 11) is 3.13. The van der Waals surface area contributed by atoms with Gasteiger partial charge in [-0.05, 0) is 35.6 Å². The van der Waals surface area contributed by atoms with Gasteiger partial charge in [0.25, 0.3) is 0 Å². The monoisotopic (exact) mass is 471 g/mol. The highest BCUT2D eigenvalue weighted by molar-refractivity contribution is 5.90. The highest BCUT2D eigenvalue weighted by atomic mass is 16.5. The Labute approximate surface area is 201 Å². The molecule has 1 saturated heterocycles. The summed E-state index contributed by atoms with van der Waals surface area (Å²) in [5.74, 6) is 1.02. The van der Waals surface area contributed by atoms with Gasteiger partial charge in [0.1, 0.15) is 5.69 Å². The van der Waals surface area contributed by atoms with Gasteiger partial charge >= 0.3 is 5.69 Å². The van der Waals surface area contributed by atoms with E-state index in [1.807, 2.05) is 48.5 Å². The molecule has 0 unspecified atom stereocenters. The van der Waals surface area contributed by atoms with Crippen LogP contribution in [-0.2, 0) is 11.2 Å². The number of nitrogens with zero attached hydrogens (tertiary/aromatic N) is 3. The quantitative estimate of drug-likeness (QED) is 0.481. The van der Waals surface area contributed by atoms with Crippen LogP contribution in [0.15, 0.2) is 65.5 Å². The second kappa shape index (κ2) is 7.94. The van der Waals surface area contributed by atoms with Crippen LogP contribution < -0.4 is 15.2 Å². The first-order valence-electron chi connectivity index (χ1n) is 11.6. The van der Waals surface area contributed by atoms with Crippen molar-refractivity contribution in [3.05, 3.63) is 82.4 Å². The van der Waals surface area contributed by atoms with E-state index in [1.165, 1.54) is 4.57 Å². The van der Waals surface area contributed by atoms with Crippen molar-refractivity contribution in [1.29, 1.82) is 0 Å². The number of ether oxygens (including phenoxy) is 2. The normalized spacial score (nSPS) is 18.2. The summed E-state index contributed by atoms with van der Waals surface area (Å²) < 4.78 is 13.7. The Morgan fingerprint density at radius 1 is 1.03 bits per heavy atom. The van der Waals surface area contributed by atoms with Crippen molar-refractivity contribution < 1.29 is 19.4 Å². The first-order valence-corrected chi connectivity index (χ1v) is 11.6. The van der Waals surface area contributed by atoms with Crippen molar-refractivity contribution >= 4 is 16.7 Å². The van der Waals surface area contributed by atoms with E-state index >= 15 is 0 Å². The number of hydrogen-bond acceptors (Lipinski definition) is 5. The summed E-state index contributed by atoms with van der Waals surface area (Å²) >= 11 is 0. The molecule has 6 rings (SSSR count). The third kappa shape index (κ3) is 3.13. The second-order valence-electron chi connectivity index (χ2n) is 9.01. The molecule has 1 N–H and O–H groups in total. The van der Waals surface area contributed by atoms with Crippen molar-refractivity contribution in [2.75, 3.05) is 20.8 Å². The second-order valence-corrected chi connectivity index (χ2v) is 9.01. The first-order chi connectivity index (χ1) is 17.0. The van der Waals surface area contributed by atoms with Crippen LogP contribution in [-0.4, -0.2) is 45.8 Å². The lowest BCUT2D eigenvalue weighted by atomic mass is 10.1. The molecule has 0 aliphatic carbocycles.